The van der Waals surface area contributed by atoms with Crippen LogP contribution in [-0.2, 0) is 6.42 Å². The average molecular weight is 289 g/mol. The van der Waals surface area contributed by atoms with E-state index in [0.717, 1.165) is 37.3 Å². The molecule has 3 rings (SSSR count). The summed E-state index contributed by atoms with van der Waals surface area (Å²) < 4.78 is 10.5. The number of aryl methyl sites for hydroxylation is 3. The second-order valence-corrected chi connectivity index (χ2v) is 5.43. The Balaban J connectivity index is 1.88. The lowest BCUT2D eigenvalue weighted by atomic mass is 10.1. The van der Waals surface area contributed by atoms with Crippen molar-refractivity contribution >= 4 is 5.91 Å². The fourth-order valence-corrected chi connectivity index (χ4v) is 2.89. The molecule has 3 heterocycles. The maximum atomic E-state index is 12.8. The van der Waals surface area contributed by atoms with E-state index in [1.807, 2.05) is 17.9 Å². The van der Waals surface area contributed by atoms with E-state index in [1.165, 1.54) is 0 Å². The van der Waals surface area contributed by atoms with E-state index in [0.29, 0.717) is 17.0 Å². The zero-order valence-corrected chi connectivity index (χ0v) is 12.5. The molecular formula is C15H19N3O3. The van der Waals surface area contributed by atoms with Crippen molar-refractivity contribution in [1.82, 2.24) is 15.2 Å². The second kappa shape index (κ2) is 5.35. The molecule has 1 unspecified atom stereocenters. The van der Waals surface area contributed by atoms with E-state index >= 15 is 0 Å². The van der Waals surface area contributed by atoms with Gasteiger partial charge in [0.1, 0.15) is 11.3 Å². The molecule has 1 aliphatic heterocycles. The second-order valence-electron chi connectivity index (χ2n) is 5.43. The third-order valence-corrected chi connectivity index (χ3v) is 4.03. The highest BCUT2D eigenvalue weighted by Crippen LogP contribution is 2.34. The summed E-state index contributed by atoms with van der Waals surface area (Å²) in [7, 11) is 0. The molecule has 0 saturated carbocycles. The lowest BCUT2D eigenvalue weighted by molar-refractivity contribution is 0.0712. The molecule has 2 aromatic rings. The first kappa shape index (κ1) is 13.9. The fourth-order valence-electron chi connectivity index (χ4n) is 2.89. The van der Waals surface area contributed by atoms with Crippen LogP contribution in [0.3, 0.4) is 0 Å². The maximum Gasteiger partial charge on any atom is 0.259 e. The molecule has 0 radical (unpaired) electrons. The highest BCUT2D eigenvalue weighted by Gasteiger charge is 2.35. The molecule has 1 aliphatic rings. The molecule has 112 valence electrons. The molecule has 0 aromatic carbocycles. The monoisotopic (exact) mass is 289 g/mol. The van der Waals surface area contributed by atoms with Gasteiger partial charge < -0.3 is 13.9 Å². The van der Waals surface area contributed by atoms with Crippen molar-refractivity contribution in [3.05, 3.63) is 34.5 Å². The van der Waals surface area contributed by atoms with Crippen molar-refractivity contribution < 1.29 is 13.8 Å². The average Bonchev–Trinajstić information content (AvgIpc) is 3.17. The Bertz CT molecular complexity index is 639. The zero-order chi connectivity index (χ0) is 15.0. The van der Waals surface area contributed by atoms with Crippen molar-refractivity contribution in [2.24, 2.45) is 0 Å². The Morgan fingerprint density at radius 2 is 2.19 bits per heavy atom. The SMILES string of the molecule is CCc1cc(C2CCCN2C(=O)c2c(C)noc2C)on1. The molecule has 0 spiro atoms. The Kier molecular flexibility index (Phi) is 3.53. The van der Waals surface area contributed by atoms with Gasteiger partial charge in [-0.1, -0.05) is 17.2 Å². The highest BCUT2D eigenvalue weighted by molar-refractivity contribution is 5.96. The van der Waals surface area contributed by atoms with Gasteiger partial charge in [0.15, 0.2) is 5.76 Å². The van der Waals surface area contributed by atoms with Crippen LogP contribution in [0.2, 0.25) is 0 Å². The highest BCUT2D eigenvalue weighted by atomic mass is 16.5. The van der Waals surface area contributed by atoms with Crippen molar-refractivity contribution in [2.75, 3.05) is 6.54 Å². The smallest absolute Gasteiger partial charge is 0.259 e. The predicted molar refractivity (Wildman–Crippen MR) is 74.9 cm³/mol. The van der Waals surface area contributed by atoms with Crippen LogP contribution in [-0.4, -0.2) is 27.7 Å². The predicted octanol–water partition coefficient (Wildman–Crippen LogP) is 2.82. The van der Waals surface area contributed by atoms with E-state index < -0.39 is 0 Å². The molecule has 1 saturated heterocycles. The Morgan fingerprint density at radius 3 is 2.81 bits per heavy atom. The maximum absolute atomic E-state index is 12.8. The molecule has 1 amide bonds. The van der Waals surface area contributed by atoms with Crippen LogP contribution in [0, 0.1) is 13.8 Å². The molecule has 1 atom stereocenters. The number of likely N-dealkylation sites (tertiary alicyclic amines) is 1. The Labute approximate surface area is 123 Å². The molecule has 1 fully saturated rings. The van der Waals surface area contributed by atoms with Crippen LogP contribution in [0.1, 0.15) is 59.1 Å². The van der Waals surface area contributed by atoms with E-state index in [-0.39, 0.29) is 11.9 Å². The molecule has 6 heteroatoms. The quantitative estimate of drug-likeness (QED) is 0.868. The number of nitrogens with zero attached hydrogens (tertiary/aromatic N) is 3. The van der Waals surface area contributed by atoms with E-state index in [1.54, 1.807) is 13.8 Å². The molecule has 2 aromatic heterocycles. The summed E-state index contributed by atoms with van der Waals surface area (Å²) in [6, 6.07) is 1.91. The van der Waals surface area contributed by atoms with E-state index in [4.69, 9.17) is 9.05 Å². The third kappa shape index (κ3) is 2.34. The van der Waals surface area contributed by atoms with Crippen molar-refractivity contribution in [2.45, 2.75) is 46.1 Å². The van der Waals surface area contributed by atoms with Crippen LogP contribution in [0.25, 0.3) is 0 Å². The topological polar surface area (TPSA) is 72.4 Å². The minimum atomic E-state index is -0.0426. The number of rotatable bonds is 3. The number of carbonyl (C=O) groups is 1. The van der Waals surface area contributed by atoms with Crippen LogP contribution in [0.15, 0.2) is 15.1 Å². The van der Waals surface area contributed by atoms with Crippen LogP contribution in [0.5, 0.6) is 0 Å². The standard InChI is InChI=1S/C15H19N3O3/c1-4-11-8-13(21-17-11)12-6-5-7-18(12)15(19)14-9(2)16-20-10(14)3/h8,12H,4-7H2,1-3H3. The summed E-state index contributed by atoms with van der Waals surface area (Å²) >= 11 is 0. The van der Waals surface area contributed by atoms with E-state index in [2.05, 4.69) is 10.3 Å². The Morgan fingerprint density at radius 1 is 1.38 bits per heavy atom. The number of carbonyl (C=O) groups excluding carboxylic acids is 1. The first-order valence-electron chi connectivity index (χ1n) is 7.31. The molecule has 0 aliphatic carbocycles. The van der Waals surface area contributed by atoms with E-state index in [9.17, 15) is 4.79 Å². The van der Waals surface area contributed by atoms with Crippen molar-refractivity contribution in [3.63, 3.8) is 0 Å². The molecular weight excluding hydrogens is 270 g/mol. The largest absolute Gasteiger partial charge is 0.361 e. The summed E-state index contributed by atoms with van der Waals surface area (Å²) in [5.74, 6) is 1.29. The summed E-state index contributed by atoms with van der Waals surface area (Å²) in [6.07, 6.45) is 2.68. The first-order valence-corrected chi connectivity index (χ1v) is 7.31. The van der Waals surface area contributed by atoms with Crippen molar-refractivity contribution in [1.29, 1.82) is 0 Å². The normalized spacial score (nSPS) is 18.4. The summed E-state index contributed by atoms with van der Waals surface area (Å²) in [5.41, 5.74) is 2.12. The number of aromatic nitrogens is 2. The molecule has 0 bridgehead atoms. The minimum absolute atomic E-state index is 0.0387. The molecule has 6 nitrogen and oxygen atoms in total. The minimum Gasteiger partial charge on any atom is -0.361 e. The first-order chi connectivity index (χ1) is 10.1. The number of hydrogen-bond acceptors (Lipinski definition) is 5. The molecule has 0 N–H and O–H groups in total. The Hall–Kier alpha value is -2.11. The van der Waals surface area contributed by atoms with Crippen LogP contribution >= 0.6 is 0 Å². The van der Waals surface area contributed by atoms with Gasteiger partial charge >= 0.3 is 0 Å². The summed E-state index contributed by atoms with van der Waals surface area (Å²) in [6.45, 7) is 6.30. The van der Waals surface area contributed by atoms with Gasteiger partial charge in [-0.2, -0.15) is 0 Å². The summed E-state index contributed by atoms with van der Waals surface area (Å²) in [5, 5.41) is 7.89. The van der Waals surface area contributed by atoms with Gasteiger partial charge in [-0.25, -0.2) is 0 Å². The van der Waals surface area contributed by atoms with Gasteiger partial charge in [0.05, 0.1) is 17.4 Å². The van der Waals surface area contributed by atoms with Gasteiger partial charge in [-0.3, -0.25) is 4.79 Å². The number of amides is 1. The molecule has 21 heavy (non-hydrogen) atoms. The number of hydrogen-bond donors (Lipinski definition) is 0. The van der Waals surface area contributed by atoms with Gasteiger partial charge in [-0.15, -0.1) is 0 Å². The van der Waals surface area contributed by atoms with Gasteiger partial charge in [-0.05, 0) is 33.1 Å². The van der Waals surface area contributed by atoms with Crippen LogP contribution in [0.4, 0.5) is 0 Å². The van der Waals surface area contributed by atoms with Gasteiger partial charge in [0, 0.05) is 12.6 Å². The van der Waals surface area contributed by atoms with Crippen LogP contribution < -0.4 is 0 Å². The fraction of sp³-hybridized carbons (Fsp3) is 0.533. The zero-order valence-electron chi connectivity index (χ0n) is 12.5. The van der Waals surface area contributed by atoms with Gasteiger partial charge in [0.25, 0.3) is 5.91 Å². The van der Waals surface area contributed by atoms with Crippen molar-refractivity contribution in [3.8, 4) is 0 Å². The lowest BCUT2D eigenvalue weighted by Gasteiger charge is -2.22. The lowest BCUT2D eigenvalue weighted by Crippen LogP contribution is -2.31. The third-order valence-electron chi connectivity index (χ3n) is 4.03. The summed E-state index contributed by atoms with van der Waals surface area (Å²) in [4.78, 5) is 14.6. The van der Waals surface area contributed by atoms with Gasteiger partial charge in [0.2, 0.25) is 0 Å².